The van der Waals surface area contributed by atoms with Crippen molar-refractivity contribution in [1.82, 2.24) is 9.78 Å². The second-order valence-corrected chi connectivity index (χ2v) is 4.75. The van der Waals surface area contributed by atoms with Gasteiger partial charge in [0.2, 0.25) is 0 Å². The van der Waals surface area contributed by atoms with Crippen molar-refractivity contribution in [1.29, 1.82) is 0 Å². The van der Waals surface area contributed by atoms with Gasteiger partial charge < -0.3 is 4.74 Å². The zero-order chi connectivity index (χ0) is 14.9. The van der Waals surface area contributed by atoms with E-state index in [9.17, 15) is 10.1 Å². The van der Waals surface area contributed by atoms with Crippen LogP contribution in [0.4, 0.5) is 5.69 Å². The molecule has 1 aromatic carbocycles. The maximum Gasteiger partial charge on any atom is 0.312 e. The number of hydrogen-bond donors (Lipinski definition) is 0. The van der Waals surface area contributed by atoms with Crippen molar-refractivity contribution in [2.75, 3.05) is 7.11 Å². The second-order valence-electron chi connectivity index (χ2n) is 4.75. The van der Waals surface area contributed by atoms with Crippen LogP contribution in [0.2, 0.25) is 0 Å². The molecule has 0 aliphatic heterocycles. The average Bonchev–Trinajstić information content (AvgIpc) is 2.64. The molecular weight excluding hydrogens is 258 g/mol. The van der Waals surface area contributed by atoms with E-state index in [0.29, 0.717) is 17.9 Å². The molecule has 1 heterocycles. The Morgan fingerprint density at radius 3 is 2.60 bits per heavy atom. The highest BCUT2D eigenvalue weighted by atomic mass is 16.6. The summed E-state index contributed by atoms with van der Waals surface area (Å²) in [5.74, 6) is 0.755. The van der Waals surface area contributed by atoms with Crippen LogP contribution in [0, 0.1) is 30.9 Å². The van der Waals surface area contributed by atoms with Gasteiger partial charge in [-0.1, -0.05) is 17.7 Å². The number of nitro groups is 1. The van der Waals surface area contributed by atoms with Crippen LogP contribution in [-0.4, -0.2) is 21.8 Å². The lowest BCUT2D eigenvalue weighted by Crippen LogP contribution is -2.06. The molecule has 0 bridgehead atoms. The number of ether oxygens (including phenoxy) is 1. The third-order valence-electron chi connectivity index (χ3n) is 3.28. The van der Waals surface area contributed by atoms with Crippen LogP contribution in [0.3, 0.4) is 0 Å². The standard InChI is InChI=1S/C14H17N3O3/c1-9-5-6-13(20-4)12(7-9)8-16-11(3)14(17(18)19)10(2)15-16/h5-7H,8H2,1-4H3. The van der Waals surface area contributed by atoms with Crippen molar-refractivity contribution in [2.45, 2.75) is 27.3 Å². The van der Waals surface area contributed by atoms with E-state index in [1.54, 1.807) is 25.6 Å². The minimum absolute atomic E-state index is 0.0802. The van der Waals surface area contributed by atoms with Gasteiger partial charge in [-0.3, -0.25) is 14.8 Å². The molecule has 0 atom stereocenters. The first-order valence-corrected chi connectivity index (χ1v) is 6.26. The van der Waals surface area contributed by atoms with Crippen LogP contribution in [0.15, 0.2) is 18.2 Å². The van der Waals surface area contributed by atoms with Gasteiger partial charge in [-0.2, -0.15) is 5.10 Å². The molecule has 0 radical (unpaired) electrons. The fraction of sp³-hybridized carbons (Fsp3) is 0.357. The SMILES string of the molecule is COc1ccc(C)cc1Cn1nc(C)c([N+](=O)[O-])c1C. The molecule has 0 aliphatic rings. The van der Waals surface area contributed by atoms with E-state index in [0.717, 1.165) is 16.9 Å². The molecule has 0 saturated heterocycles. The summed E-state index contributed by atoms with van der Waals surface area (Å²) in [5, 5.41) is 15.3. The Morgan fingerprint density at radius 1 is 1.35 bits per heavy atom. The van der Waals surface area contributed by atoms with E-state index in [1.165, 1.54) is 0 Å². The summed E-state index contributed by atoms with van der Waals surface area (Å²) in [6.45, 7) is 5.80. The summed E-state index contributed by atoms with van der Waals surface area (Å²) in [7, 11) is 1.61. The van der Waals surface area contributed by atoms with Crippen LogP contribution in [0.25, 0.3) is 0 Å². The molecule has 0 unspecified atom stereocenters. The van der Waals surface area contributed by atoms with Gasteiger partial charge >= 0.3 is 5.69 Å². The van der Waals surface area contributed by atoms with Gasteiger partial charge in [0.05, 0.1) is 18.6 Å². The molecule has 1 aromatic heterocycles. The third-order valence-corrected chi connectivity index (χ3v) is 3.28. The van der Waals surface area contributed by atoms with Crippen molar-refractivity contribution < 1.29 is 9.66 Å². The predicted molar refractivity (Wildman–Crippen MR) is 75.2 cm³/mol. The van der Waals surface area contributed by atoms with Gasteiger partial charge in [-0.05, 0) is 26.8 Å². The lowest BCUT2D eigenvalue weighted by atomic mass is 10.1. The molecule has 2 rings (SSSR count). The molecule has 0 aliphatic carbocycles. The highest BCUT2D eigenvalue weighted by molar-refractivity contribution is 5.41. The van der Waals surface area contributed by atoms with E-state index in [2.05, 4.69) is 5.10 Å². The molecular formula is C14H17N3O3. The zero-order valence-electron chi connectivity index (χ0n) is 12.0. The Hall–Kier alpha value is -2.37. The summed E-state index contributed by atoms with van der Waals surface area (Å²) in [5.41, 5.74) is 3.12. The van der Waals surface area contributed by atoms with Crippen LogP contribution in [0.1, 0.15) is 22.5 Å². The number of aryl methyl sites for hydroxylation is 2. The molecule has 20 heavy (non-hydrogen) atoms. The highest BCUT2D eigenvalue weighted by Gasteiger charge is 2.22. The number of hydrogen-bond acceptors (Lipinski definition) is 4. The molecule has 0 saturated carbocycles. The van der Waals surface area contributed by atoms with Gasteiger partial charge in [-0.15, -0.1) is 0 Å². The van der Waals surface area contributed by atoms with E-state index in [4.69, 9.17) is 4.74 Å². The van der Waals surface area contributed by atoms with Crippen LogP contribution >= 0.6 is 0 Å². The monoisotopic (exact) mass is 275 g/mol. The summed E-state index contributed by atoms with van der Waals surface area (Å²) in [4.78, 5) is 10.6. The predicted octanol–water partition coefficient (Wildman–Crippen LogP) is 2.77. The highest BCUT2D eigenvalue weighted by Crippen LogP contribution is 2.25. The van der Waals surface area contributed by atoms with Crippen LogP contribution in [-0.2, 0) is 6.54 Å². The number of rotatable bonds is 4. The maximum absolute atomic E-state index is 11.0. The topological polar surface area (TPSA) is 70.2 Å². The summed E-state index contributed by atoms with van der Waals surface area (Å²) in [6.07, 6.45) is 0. The Kier molecular flexibility index (Phi) is 3.74. The van der Waals surface area contributed by atoms with Crippen molar-refractivity contribution in [3.05, 3.63) is 50.8 Å². The Morgan fingerprint density at radius 2 is 2.05 bits per heavy atom. The van der Waals surface area contributed by atoms with Gasteiger partial charge in [0.25, 0.3) is 0 Å². The smallest absolute Gasteiger partial charge is 0.312 e. The van der Waals surface area contributed by atoms with E-state index >= 15 is 0 Å². The first-order chi connectivity index (χ1) is 9.43. The minimum Gasteiger partial charge on any atom is -0.496 e. The summed E-state index contributed by atoms with van der Waals surface area (Å²) in [6, 6.07) is 5.86. The Bertz CT molecular complexity index is 662. The van der Waals surface area contributed by atoms with Gasteiger partial charge in [0.15, 0.2) is 0 Å². The quantitative estimate of drug-likeness (QED) is 0.635. The fourth-order valence-electron chi connectivity index (χ4n) is 2.30. The number of nitrogens with zero attached hydrogens (tertiary/aromatic N) is 3. The van der Waals surface area contributed by atoms with Gasteiger partial charge in [0.1, 0.15) is 17.1 Å². The van der Waals surface area contributed by atoms with Crippen LogP contribution in [0.5, 0.6) is 5.75 Å². The van der Waals surface area contributed by atoms with E-state index in [1.807, 2.05) is 25.1 Å². The van der Waals surface area contributed by atoms with E-state index in [-0.39, 0.29) is 10.6 Å². The molecule has 0 fully saturated rings. The first kappa shape index (κ1) is 14.0. The molecule has 2 aromatic rings. The van der Waals surface area contributed by atoms with Crippen LogP contribution < -0.4 is 4.74 Å². The number of benzene rings is 1. The Labute approximate surface area is 117 Å². The lowest BCUT2D eigenvalue weighted by molar-refractivity contribution is -0.386. The largest absolute Gasteiger partial charge is 0.496 e. The number of methoxy groups -OCH3 is 1. The second kappa shape index (κ2) is 5.32. The minimum atomic E-state index is -0.387. The van der Waals surface area contributed by atoms with Crippen molar-refractivity contribution >= 4 is 5.69 Å². The normalized spacial score (nSPS) is 10.6. The van der Waals surface area contributed by atoms with E-state index < -0.39 is 0 Å². The molecule has 0 N–H and O–H groups in total. The molecule has 6 nitrogen and oxygen atoms in total. The molecule has 6 heteroatoms. The first-order valence-electron chi connectivity index (χ1n) is 6.26. The van der Waals surface area contributed by atoms with Crippen molar-refractivity contribution in [3.8, 4) is 5.75 Å². The average molecular weight is 275 g/mol. The molecule has 0 spiro atoms. The Balaban J connectivity index is 2.43. The third kappa shape index (κ3) is 2.49. The summed E-state index contributed by atoms with van der Waals surface area (Å²) < 4.78 is 6.97. The molecule has 0 amide bonds. The van der Waals surface area contributed by atoms with Crippen molar-refractivity contribution in [2.24, 2.45) is 0 Å². The number of aromatic nitrogens is 2. The zero-order valence-corrected chi connectivity index (χ0v) is 12.0. The fourth-order valence-corrected chi connectivity index (χ4v) is 2.30. The van der Waals surface area contributed by atoms with Crippen molar-refractivity contribution in [3.63, 3.8) is 0 Å². The van der Waals surface area contributed by atoms with Gasteiger partial charge in [-0.25, -0.2) is 0 Å². The van der Waals surface area contributed by atoms with Gasteiger partial charge in [0, 0.05) is 5.56 Å². The molecule has 106 valence electrons. The lowest BCUT2D eigenvalue weighted by Gasteiger charge is -2.10. The maximum atomic E-state index is 11.0. The summed E-state index contributed by atoms with van der Waals surface area (Å²) >= 11 is 0.